The molecule has 4 aromatic rings. The van der Waals surface area contributed by atoms with Crippen molar-refractivity contribution in [2.24, 2.45) is 0 Å². The molecule has 0 bridgehead atoms. The first-order chi connectivity index (χ1) is 14.8. The van der Waals surface area contributed by atoms with Gasteiger partial charge in [-0.2, -0.15) is 0 Å². The van der Waals surface area contributed by atoms with Gasteiger partial charge in [-0.25, -0.2) is 4.98 Å². The number of thiazole rings is 1. The summed E-state index contributed by atoms with van der Waals surface area (Å²) in [4.78, 5) is 34.2. The molecule has 1 amide bonds. The Bertz CT molecular complexity index is 1340. The van der Waals surface area contributed by atoms with E-state index in [1.54, 1.807) is 12.1 Å². The summed E-state index contributed by atoms with van der Waals surface area (Å²) in [7, 11) is 0. The van der Waals surface area contributed by atoms with Crippen molar-refractivity contribution in [3.8, 4) is 17.1 Å². The van der Waals surface area contributed by atoms with E-state index >= 15 is 0 Å². The molecule has 0 fully saturated rings. The topological polar surface area (TPSA) is 76.9 Å². The summed E-state index contributed by atoms with van der Waals surface area (Å²) in [6.07, 6.45) is 1.51. The number of rotatable bonds is 4. The molecule has 1 aromatic carbocycles. The number of benzene rings is 1. The van der Waals surface area contributed by atoms with Gasteiger partial charge in [-0.3, -0.25) is 24.5 Å². The highest BCUT2D eigenvalue weighted by Crippen LogP contribution is 2.25. The summed E-state index contributed by atoms with van der Waals surface area (Å²) in [5.74, 6) is -0.359. The maximum absolute atomic E-state index is 12.8. The van der Waals surface area contributed by atoms with Gasteiger partial charge in [0, 0.05) is 28.4 Å². The summed E-state index contributed by atoms with van der Waals surface area (Å²) in [6, 6.07) is 12.1. The molecule has 0 saturated carbocycles. The minimum atomic E-state index is -0.359. The van der Waals surface area contributed by atoms with E-state index in [0.29, 0.717) is 27.1 Å². The van der Waals surface area contributed by atoms with Gasteiger partial charge < -0.3 is 0 Å². The first kappa shape index (κ1) is 21.0. The molecule has 0 aliphatic heterocycles. The van der Waals surface area contributed by atoms with Crippen LogP contribution >= 0.6 is 22.9 Å². The van der Waals surface area contributed by atoms with Crippen LogP contribution in [0, 0.1) is 20.8 Å². The first-order valence-electron chi connectivity index (χ1n) is 9.52. The smallest absolute Gasteiger partial charge is 0.258 e. The summed E-state index contributed by atoms with van der Waals surface area (Å²) >= 11 is 7.41. The van der Waals surface area contributed by atoms with Crippen molar-refractivity contribution in [2.75, 3.05) is 5.32 Å². The third kappa shape index (κ3) is 4.57. The molecule has 6 nitrogen and oxygen atoms in total. The fraction of sp³-hybridized carbons (Fsp3) is 0.130. The predicted octanol–water partition coefficient (Wildman–Crippen LogP) is 5.19. The van der Waals surface area contributed by atoms with Crippen LogP contribution in [0.1, 0.15) is 27.2 Å². The van der Waals surface area contributed by atoms with Crippen molar-refractivity contribution in [3.63, 3.8) is 0 Å². The van der Waals surface area contributed by atoms with Crippen molar-refractivity contribution in [1.29, 1.82) is 0 Å². The number of halogens is 1. The monoisotopic (exact) mass is 450 g/mol. The molecule has 0 atom stereocenters. The molecule has 0 spiro atoms. The van der Waals surface area contributed by atoms with Crippen LogP contribution in [-0.4, -0.2) is 20.4 Å². The molecule has 0 saturated heterocycles. The maximum Gasteiger partial charge on any atom is 0.258 e. The van der Waals surface area contributed by atoms with Gasteiger partial charge in [-0.15, -0.1) is 11.3 Å². The van der Waals surface area contributed by atoms with Crippen molar-refractivity contribution in [1.82, 2.24) is 14.5 Å². The van der Waals surface area contributed by atoms with Gasteiger partial charge in [0.25, 0.3) is 11.5 Å². The average molecular weight is 451 g/mol. The molecule has 4 rings (SSSR count). The van der Waals surface area contributed by atoms with Crippen LogP contribution in [0.4, 0.5) is 5.13 Å². The first-order valence-corrected chi connectivity index (χ1v) is 10.8. The zero-order valence-corrected chi connectivity index (χ0v) is 18.7. The second kappa shape index (κ2) is 8.45. The summed E-state index contributed by atoms with van der Waals surface area (Å²) < 4.78 is 1.42. The standard InChI is InChI=1S/C23H19ClN4O2S/c1-13-8-15(3)25-18(9-13)19-12-31-23(26-19)27-22(30)16-5-7-21(29)28(11-16)20-10-17(24)6-4-14(20)2/h4-12H,1-3H3,(H,26,27,30). The molecule has 31 heavy (non-hydrogen) atoms. The number of nitrogens with one attached hydrogen (secondary N) is 1. The minimum absolute atomic E-state index is 0.251. The molecule has 8 heteroatoms. The van der Waals surface area contributed by atoms with Crippen LogP contribution in [0.15, 0.2) is 58.8 Å². The van der Waals surface area contributed by atoms with Crippen LogP contribution < -0.4 is 10.9 Å². The molecule has 3 heterocycles. The zero-order valence-electron chi connectivity index (χ0n) is 17.1. The Balaban J connectivity index is 1.61. The van der Waals surface area contributed by atoms with Gasteiger partial charge in [0.15, 0.2) is 5.13 Å². The number of aryl methyl sites for hydroxylation is 3. The Labute approximate surface area is 188 Å². The SMILES string of the molecule is Cc1cc(C)nc(-c2csc(NC(=O)c3ccc(=O)n(-c4cc(Cl)ccc4C)c3)n2)c1. The third-order valence-electron chi connectivity index (χ3n) is 4.69. The van der Waals surface area contributed by atoms with Gasteiger partial charge in [-0.05, 0) is 62.2 Å². The predicted molar refractivity (Wildman–Crippen MR) is 125 cm³/mol. The number of pyridine rings is 2. The van der Waals surface area contributed by atoms with Crippen LogP contribution in [0.2, 0.25) is 5.02 Å². The summed E-state index contributed by atoms with van der Waals surface area (Å²) in [5.41, 5.74) is 5.05. The number of nitrogens with zero attached hydrogens (tertiary/aromatic N) is 3. The second-order valence-corrected chi connectivity index (χ2v) is 8.51. The van der Waals surface area contributed by atoms with E-state index in [1.807, 2.05) is 44.4 Å². The number of carbonyl (C=O) groups is 1. The van der Waals surface area contributed by atoms with E-state index in [0.717, 1.165) is 22.5 Å². The van der Waals surface area contributed by atoms with Crippen LogP contribution in [0.25, 0.3) is 17.1 Å². The van der Waals surface area contributed by atoms with Crippen molar-refractivity contribution in [2.45, 2.75) is 20.8 Å². The molecule has 1 N–H and O–H groups in total. The van der Waals surface area contributed by atoms with E-state index < -0.39 is 0 Å². The lowest BCUT2D eigenvalue weighted by Gasteiger charge is -2.11. The lowest BCUT2D eigenvalue weighted by atomic mass is 10.2. The van der Waals surface area contributed by atoms with E-state index in [-0.39, 0.29) is 11.5 Å². The number of amides is 1. The Hall–Kier alpha value is -3.29. The third-order valence-corrected chi connectivity index (χ3v) is 5.68. The Morgan fingerprint density at radius 3 is 2.61 bits per heavy atom. The normalized spacial score (nSPS) is 10.8. The summed E-state index contributed by atoms with van der Waals surface area (Å²) in [6.45, 7) is 5.81. The van der Waals surface area contributed by atoms with Crippen LogP contribution in [0.3, 0.4) is 0 Å². The highest BCUT2D eigenvalue weighted by molar-refractivity contribution is 7.14. The van der Waals surface area contributed by atoms with Crippen molar-refractivity contribution >= 4 is 34.0 Å². The summed E-state index contributed by atoms with van der Waals surface area (Å²) in [5, 5.41) is 5.62. The van der Waals surface area contributed by atoms with E-state index in [4.69, 9.17) is 11.6 Å². The Morgan fingerprint density at radius 1 is 1.03 bits per heavy atom. The lowest BCUT2D eigenvalue weighted by molar-refractivity contribution is 0.102. The van der Waals surface area contributed by atoms with E-state index in [2.05, 4.69) is 15.3 Å². The number of carbonyl (C=O) groups excluding carboxylic acids is 1. The Morgan fingerprint density at radius 2 is 1.84 bits per heavy atom. The number of hydrogen-bond donors (Lipinski definition) is 1. The van der Waals surface area contributed by atoms with Gasteiger partial charge in [0.1, 0.15) is 5.69 Å². The quantitative estimate of drug-likeness (QED) is 0.464. The molecule has 0 aliphatic carbocycles. The lowest BCUT2D eigenvalue weighted by Crippen LogP contribution is -2.21. The van der Waals surface area contributed by atoms with Crippen LogP contribution in [-0.2, 0) is 0 Å². The highest BCUT2D eigenvalue weighted by atomic mass is 35.5. The molecule has 0 aliphatic rings. The fourth-order valence-corrected chi connectivity index (χ4v) is 4.11. The number of hydrogen-bond acceptors (Lipinski definition) is 5. The van der Waals surface area contributed by atoms with E-state index in [1.165, 1.54) is 34.2 Å². The molecule has 0 radical (unpaired) electrons. The molecular weight excluding hydrogens is 432 g/mol. The van der Waals surface area contributed by atoms with Crippen molar-refractivity contribution < 1.29 is 4.79 Å². The number of aromatic nitrogens is 3. The van der Waals surface area contributed by atoms with E-state index in [9.17, 15) is 9.59 Å². The van der Waals surface area contributed by atoms with Gasteiger partial charge >= 0.3 is 0 Å². The maximum atomic E-state index is 12.8. The Kier molecular flexibility index (Phi) is 5.71. The average Bonchev–Trinajstić information content (AvgIpc) is 3.18. The van der Waals surface area contributed by atoms with Crippen LogP contribution in [0.5, 0.6) is 0 Å². The zero-order chi connectivity index (χ0) is 22.1. The van der Waals surface area contributed by atoms with Crippen molar-refractivity contribution in [3.05, 3.63) is 91.8 Å². The molecule has 3 aromatic heterocycles. The molecule has 156 valence electrons. The van der Waals surface area contributed by atoms with Gasteiger partial charge in [0.2, 0.25) is 0 Å². The van der Waals surface area contributed by atoms with Gasteiger partial charge in [-0.1, -0.05) is 17.7 Å². The fourth-order valence-electron chi connectivity index (χ4n) is 3.24. The highest BCUT2D eigenvalue weighted by Gasteiger charge is 2.14. The molecular formula is C23H19ClN4O2S. The molecule has 0 unspecified atom stereocenters. The largest absolute Gasteiger partial charge is 0.298 e. The van der Waals surface area contributed by atoms with Gasteiger partial charge in [0.05, 0.1) is 16.9 Å². The second-order valence-electron chi connectivity index (χ2n) is 7.22. The number of anilines is 1. The minimum Gasteiger partial charge on any atom is -0.298 e.